The van der Waals surface area contributed by atoms with E-state index in [-0.39, 0.29) is 24.0 Å². The van der Waals surface area contributed by atoms with Crippen molar-refractivity contribution in [2.75, 3.05) is 5.32 Å². The van der Waals surface area contributed by atoms with Crippen LogP contribution in [-0.4, -0.2) is 33.0 Å². The zero-order valence-electron chi connectivity index (χ0n) is 18.7. The largest absolute Gasteiger partial charge is 0.324 e. The molecule has 0 unspecified atom stereocenters. The lowest BCUT2D eigenvalue weighted by atomic mass is 9.99. The Morgan fingerprint density at radius 2 is 1.78 bits per heavy atom. The normalized spacial score (nSPS) is 19.3. The molecule has 0 saturated carbocycles. The highest BCUT2D eigenvalue weighted by atomic mass is 35.5. The average molecular weight is 525 g/mol. The Kier molecular flexibility index (Phi) is 6.84. The third-order valence-corrected chi connectivity index (χ3v) is 7.18. The van der Waals surface area contributed by atoms with Crippen LogP contribution in [0.2, 0.25) is 5.02 Å². The van der Waals surface area contributed by atoms with Crippen molar-refractivity contribution in [1.29, 1.82) is 0 Å². The molecule has 1 N–H and O–H groups in total. The molecule has 0 bridgehead atoms. The number of aliphatic imine (C=N–C) groups is 1. The maximum Gasteiger partial charge on any atom is 0.262 e. The first-order valence-electron chi connectivity index (χ1n) is 11.1. The van der Waals surface area contributed by atoms with E-state index in [0.717, 1.165) is 22.9 Å². The van der Waals surface area contributed by atoms with Crippen LogP contribution < -0.4 is 5.32 Å². The lowest BCUT2D eigenvalue weighted by Crippen LogP contribution is -2.25. The zero-order valence-corrected chi connectivity index (χ0v) is 20.3. The minimum absolute atomic E-state index is 0.0509. The summed E-state index contributed by atoms with van der Waals surface area (Å²) in [4.78, 5) is 29.4. The van der Waals surface area contributed by atoms with E-state index >= 15 is 0 Å². The van der Waals surface area contributed by atoms with Crippen LogP contribution in [0.25, 0.3) is 0 Å². The zero-order chi connectivity index (χ0) is 25.2. The number of hydrazone groups is 1. The number of benzene rings is 3. The highest BCUT2D eigenvalue weighted by molar-refractivity contribution is 8.15. The summed E-state index contributed by atoms with van der Waals surface area (Å²) in [5, 5.41) is 9.07. The molecule has 0 spiro atoms. The number of rotatable bonds is 5. The molecular weight excluding hydrogens is 506 g/mol. The Bertz CT molecular complexity index is 1380. The molecule has 2 heterocycles. The van der Waals surface area contributed by atoms with Gasteiger partial charge >= 0.3 is 0 Å². The Labute approximate surface area is 215 Å². The van der Waals surface area contributed by atoms with Gasteiger partial charge in [0.1, 0.15) is 16.9 Å². The van der Waals surface area contributed by atoms with Crippen molar-refractivity contribution < 1.29 is 18.4 Å². The second-order valence-corrected chi connectivity index (χ2v) is 9.85. The van der Waals surface area contributed by atoms with Gasteiger partial charge in [-0.15, -0.1) is 0 Å². The summed E-state index contributed by atoms with van der Waals surface area (Å²) in [6.07, 6.45) is 0.332. The molecule has 0 aromatic heterocycles. The molecule has 0 radical (unpaired) electrons. The summed E-state index contributed by atoms with van der Waals surface area (Å²) in [6.45, 7) is 0. The third-order valence-electron chi connectivity index (χ3n) is 5.79. The molecule has 6 nitrogen and oxygen atoms in total. The van der Waals surface area contributed by atoms with E-state index in [0.29, 0.717) is 22.3 Å². The molecule has 5 rings (SSSR count). The van der Waals surface area contributed by atoms with Gasteiger partial charge in [-0.3, -0.25) is 9.59 Å². The van der Waals surface area contributed by atoms with Gasteiger partial charge < -0.3 is 5.32 Å². The van der Waals surface area contributed by atoms with Gasteiger partial charge in [0.2, 0.25) is 5.91 Å². The maximum atomic E-state index is 13.9. The van der Waals surface area contributed by atoms with Gasteiger partial charge in [-0.05, 0) is 47.5 Å². The van der Waals surface area contributed by atoms with Crippen LogP contribution in [0.1, 0.15) is 30.0 Å². The van der Waals surface area contributed by atoms with Gasteiger partial charge in [0.25, 0.3) is 5.91 Å². The predicted molar refractivity (Wildman–Crippen MR) is 137 cm³/mol. The van der Waals surface area contributed by atoms with Crippen molar-refractivity contribution in [2.24, 2.45) is 10.1 Å². The van der Waals surface area contributed by atoms with E-state index in [9.17, 15) is 18.4 Å². The molecule has 0 saturated heterocycles. The quantitative estimate of drug-likeness (QED) is 0.458. The molecule has 10 heteroatoms. The van der Waals surface area contributed by atoms with E-state index in [1.54, 1.807) is 35.3 Å². The van der Waals surface area contributed by atoms with Crippen LogP contribution in [0.15, 0.2) is 82.9 Å². The highest BCUT2D eigenvalue weighted by Gasteiger charge is 2.39. The highest BCUT2D eigenvalue weighted by Crippen LogP contribution is 2.39. The molecule has 0 fully saturated rings. The Balaban J connectivity index is 1.36. The van der Waals surface area contributed by atoms with Crippen molar-refractivity contribution in [1.82, 2.24) is 5.01 Å². The minimum Gasteiger partial charge on any atom is -0.324 e. The number of amidine groups is 1. The minimum atomic E-state index is -0.761. The van der Waals surface area contributed by atoms with Crippen LogP contribution in [0.4, 0.5) is 14.5 Å². The average Bonchev–Trinajstić information content (AvgIpc) is 3.45. The lowest BCUT2D eigenvalue weighted by Gasteiger charge is -2.23. The summed E-state index contributed by atoms with van der Waals surface area (Å²) in [6, 6.07) is 18.9. The van der Waals surface area contributed by atoms with Crippen molar-refractivity contribution in [3.63, 3.8) is 0 Å². The topological polar surface area (TPSA) is 74.1 Å². The monoisotopic (exact) mass is 524 g/mol. The number of amides is 2. The molecule has 2 amide bonds. The lowest BCUT2D eigenvalue weighted by molar-refractivity contribution is -0.121. The SMILES string of the molecule is O=C(C[C@H]1SC(N2N=C(c3ccc(F)cc3)C[C@H]2c2ccc(Cl)cc2)=NC1=O)Nc1ccccc1F. The molecule has 2 atom stereocenters. The Morgan fingerprint density at radius 1 is 1.06 bits per heavy atom. The third kappa shape index (κ3) is 5.17. The second-order valence-electron chi connectivity index (χ2n) is 8.24. The van der Waals surface area contributed by atoms with Crippen molar-refractivity contribution in [3.05, 3.63) is 101 Å². The molecule has 36 heavy (non-hydrogen) atoms. The molecule has 2 aliphatic rings. The summed E-state index contributed by atoms with van der Waals surface area (Å²) < 4.78 is 27.3. The molecule has 2 aliphatic heterocycles. The van der Waals surface area contributed by atoms with Crippen molar-refractivity contribution >= 4 is 51.7 Å². The number of nitrogens with zero attached hydrogens (tertiary/aromatic N) is 3. The number of halogens is 3. The van der Waals surface area contributed by atoms with Crippen LogP contribution >= 0.6 is 23.4 Å². The first-order valence-corrected chi connectivity index (χ1v) is 12.3. The smallest absolute Gasteiger partial charge is 0.262 e. The molecule has 0 aliphatic carbocycles. The van der Waals surface area contributed by atoms with E-state index in [1.165, 1.54) is 30.3 Å². The molecular formula is C26H19ClF2N4O2S. The van der Waals surface area contributed by atoms with E-state index in [4.69, 9.17) is 16.7 Å². The van der Waals surface area contributed by atoms with E-state index < -0.39 is 22.9 Å². The summed E-state index contributed by atoms with van der Waals surface area (Å²) in [5.41, 5.74) is 2.44. The number of para-hydroxylation sites is 1. The van der Waals surface area contributed by atoms with Crippen LogP contribution in [0.5, 0.6) is 0 Å². The number of anilines is 1. The summed E-state index contributed by atoms with van der Waals surface area (Å²) in [5.74, 6) is -1.85. The Hall–Kier alpha value is -3.56. The van der Waals surface area contributed by atoms with Gasteiger partial charge in [0.05, 0.1) is 17.4 Å². The fourth-order valence-electron chi connectivity index (χ4n) is 3.98. The number of carbonyl (C=O) groups excluding carboxylic acids is 2. The summed E-state index contributed by atoms with van der Waals surface area (Å²) in [7, 11) is 0. The van der Waals surface area contributed by atoms with Crippen molar-refractivity contribution in [2.45, 2.75) is 24.1 Å². The van der Waals surface area contributed by atoms with Crippen LogP contribution in [-0.2, 0) is 9.59 Å². The van der Waals surface area contributed by atoms with Crippen LogP contribution in [0.3, 0.4) is 0 Å². The molecule has 182 valence electrons. The van der Waals surface area contributed by atoms with Gasteiger partial charge in [0, 0.05) is 17.9 Å². The molecule has 3 aromatic rings. The standard InChI is InChI=1S/C26H19ClF2N4O2S/c27-17-9-5-16(6-10-17)22-13-21(15-7-11-18(28)12-8-15)32-33(22)26-31-25(35)23(36-26)14-24(34)30-20-4-2-1-3-19(20)29/h1-12,22-23H,13-14H2,(H,30,34)/t22-,23+/m0/s1. The number of hydrogen-bond donors (Lipinski definition) is 1. The number of thioether (sulfide) groups is 1. The van der Waals surface area contributed by atoms with E-state index in [1.807, 2.05) is 12.1 Å². The van der Waals surface area contributed by atoms with Gasteiger partial charge in [-0.25, -0.2) is 13.8 Å². The molecule has 3 aromatic carbocycles. The van der Waals surface area contributed by atoms with Gasteiger partial charge in [-0.2, -0.15) is 10.1 Å². The Morgan fingerprint density at radius 3 is 2.50 bits per heavy atom. The number of nitrogens with one attached hydrogen (secondary N) is 1. The predicted octanol–water partition coefficient (Wildman–Crippen LogP) is 5.80. The first kappa shape index (κ1) is 24.1. The number of hydrogen-bond acceptors (Lipinski definition) is 5. The first-order chi connectivity index (χ1) is 17.4. The van der Waals surface area contributed by atoms with Gasteiger partial charge in [-0.1, -0.05) is 59.8 Å². The van der Waals surface area contributed by atoms with Crippen molar-refractivity contribution in [3.8, 4) is 0 Å². The number of carbonyl (C=O) groups is 2. The van der Waals surface area contributed by atoms with E-state index in [2.05, 4.69) is 10.3 Å². The maximum absolute atomic E-state index is 13.9. The van der Waals surface area contributed by atoms with Crippen LogP contribution in [0, 0.1) is 11.6 Å². The fraction of sp³-hybridized carbons (Fsp3) is 0.154. The fourth-order valence-corrected chi connectivity index (χ4v) is 5.17. The summed E-state index contributed by atoms with van der Waals surface area (Å²) >= 11 is 7.20. The van der Waals surface area contributed by atoms with Gasteiger partial charge in [0.15, 0.2) is 5.17 Å². The second kappa shape index (κ2) is 10.2.